The third-order valence-electron chi connectivity index (χ3n) is 8.08. The quantitative estimate of drug-likeness (QED) is 0.588. The fourth-order valence-corrected chi connectivity index (χ4v) is 6.39. The molecule has 0 amide bonds. The lowest BCUT2D eigenvalue weighted by molar-refractivity contribution is -0.221. The fourth-order valence-electron chi connectivity index (χ4n) is 6.39. The first kappa shape index (κ1) is 19.7. The summed E-state index contributed by atoms with van der Waals surface area (Å²) in [7, 11) is 0. The zero-order valence-electron chi connectivity index (χ0n) is 17.6. The molecule has 26 heavy (non-hydrogen) atoms. The second-order valence-electron chi connectivity index (χ2n) is 11.2. The van der Waals surface area contributed by atoms with Crippen LogP contribution in [0.5, 0.6) is 0 Å². The lowest BCUT2D eigenvalue weighted by atomic mass is 9.49. The molecule has 0 N–H and O–H groups in total. The van der Waals surface area contributed by atoms with E-state index in [1.54, 1.807) is 0 Å². The first-order valence-electron chi connectivity index (χ1n) is 10.6. The molecule has 0 aromatic rings. The first-order chi connectivity index (χ1) is 12.0. The number of ether oxygens (including phenoxy) is 1. The van der Waals surface area contributed by atoms with Crippen LogP contribution >= 0.6 is 0 Å². The minimum Gasteiger partial charge on any atom is -0.457 e. The van der Waals surface area contributed by atoms with E-state index in [2.05, 4.69) is 47.6 Å². The normalized spacial score (nSPS) is 38.1. The van der Waals surface area contributed by atoms with Gasteiger partial charge in [0.15, 0.2) is 0 Å². The third-order valence-corrected chi connectivity index (χ3v) is 8.08. The Hall–Kier alpha value is -1.04. The van der Waals surface area contributed by atoms with E-state index in [9.17, 15) is 10.1 Å². The van der Waals surface area contributed by atoms with Gasteiger partial charge in [-0.2, -0.15) is 5.26 Å². The summed E-state index contributed by atoms with van der Waals surface area (Å²) >= 11 is 0. The average molecular weight is 360 g/mol. The van der Waals surface area contributed by atoms with E-state index < -0.39 is 11.0 Å². The van der Waals surface area contributed by atoms with Gasteiger partial charge in [0.05, 0.1) is 17.9 Å². The van der Waals surface area contributed by atoms with Crippen molar-refractivity contribution in [2.24, 2.45) is 40.4 Å². The van der Waals surface area contributed by atoms with Gasteiger partial charge in [0.1, 0.15) is 5.60 Å². The molecule has 0 radical (unpaired) electrons. The molecule has 3 heteroatoms. The Kier molecular flexibility index (Phi) is 4.96. The highest BCUT2D eigenvalue weighted by Gasteiger charge is 2.61. The highest BCUT2D eigenvalue weighted by atomic mass is 16.6. The Bertz CT molecular complexity index is 566. The molecule has 4 bridgehead atoms. The van der Waals surface area contributed by atoms with E-state index >= 15 is 0 Å². The van der Waals surface area contributed by atoms with Crippen molar-refractivity contribution < 1.29 is 9.53 Å². The average Bonchev–Trinajstić information content (AvgIpc) is 2.50. The number of rotatable bonds is 5. The molecule has 3 nitrogen and oxygen atoms in total. The number of nitriles is 1. The first-order valence-corrected chi connectivity index (χ1v) is 10.6. The van der Waals surface area contributed by atoms with Gasteiger partial charge in [-0.15, -0.1) is 0 Å². The summed E-state index contributed by atoms with van der Waals surface area (Å²) in [6.07, 6.45) is 7.15. The summed E-state index contributed by atoms with van der Waals surface area (Å²) in [5, 5.41) is 9.60. The summed E-state index contributed by atoms with van der Waals surface area (Å²) in [5.74, 6) is 2.75. The van der Waals surface area contributed by atoms with Crippen molar-refractivity contribution in [1.82, 2.24) is 0 Å². The van der Waals surface area contributed by atoms with Crippen LogP contribution in [0.4, 0.5) is 0 Å². The molecule has 0 aromatic carbocycles. The van der Waals surface area contributed by atoms with Gasteiger partial charge in [-0.25, -0.2) is 0 Å². The number of carbonyl (C=O) groups excluding carboxylic acids is 1. The predicted molar refractivity (Wildman–Crippen MR) is 103 cm³/mol. The Balaban J connectivity index is 1.90. The van der Waals surface area contributed by atoms with E-state index in [1.807, 2.05) is 0 Å². The van der Waals surface area contributed by atoms with Crippen molar-refractivity contribution in [1.29, 1.82) is 5.26 Å². The van der Waals surface area contributed by atoms with E-state index in [1.165, 1.54) is 6.42 Å². The molecule has 4 rings (SSSR count). The smallest absolute Gasteiger partial charge is 0.312 e. The van der Waals surface area contributed by atoms with Gasteiger partial charge in [-0.3, -0.25) is 4.79 Å². The molecule has 0 saturated heterocycles. The highest BCUT2D eigenvalue weighted by molar-refractivity contribution is 5.78. The van der Waals surface area contributed by atoms with Crippen LogP contribution in [0.1, 0.15) is 86.5 Å². The van der Waals surface area contributed by atoms with Crippen LogP contribution in [0, 0.1) is 51.8 Å². The number of carbonyl (C=O) groups is 1. The predicted octanol–water partition coefficient (Wildman–Crippen LogP) is 5.74. The van der Waals surface area contributed by atoms with Gasteiger partial charge in [0.2, 0.25) is 0 Å². The van der Waals surface area contributed by atoms with Crippen molar-refractivity contribution >= 4 is 5.97 Å². The second-order valence-corrected chi connectivity index (χ2v) is 11.2. The zero-order valence-corrected chi connectivity index (χ0v) is 17.6. The second kappa shape index (κ2) is 6.54. The Morgan fingerprint density at radius 2 is 1.58 bits per heavy atom. The number of hydrogen-bond donors (Lipinski definition) is 0. The molecule has 4 saturated carbocycles. The van der Waals surface area contributed by atoms with Gasteiger partial charge < -0.3 is 4.74 Å². The largest absolute Gasteiger partial charge is 0.457 e. The molecule has 4 fully saturated rings. The molecule has 0 aromatic heterocycles. The number of esters is 1. The van der Waals surface area contributed by atoms with Crippen LogP contribution in [0.25, 0.3) is 0 Å². The maximum absolute atomic E-state index is 13.6. The topological polar surface area (TPSA) is 50.1 Å². The molecule has 1 unspecified atom stereocenters. The zero-order chi connectivity index (χ0) is 19.3. The minimum absolute atomic E-state index is 0.0681. The minimum atomic E-state index is -0.529. The van der Waals surface area contributed by atoms with Gasteiger partial charge in [0.25, 0.3) is 0 Å². The van der Waals surface area contributed by atoms with Crippen LogP contribution in [-0.2, 0) is 9.53 Å². The van der Waals surface area contributed by atoms with Crippen LogP contribution in [0.15, 0.2) is 0 Å². The molecule has 4 aliphatic carbocycles. The lowest BCUT2D eigenvalue weighted by Crippen LogP contribution is -2.61. The fraction of sp³-hybridized carbons (Fsp3) is 0.913. The highest BCUT2D eigenvalue weighted by Crippen LogP contribution is 2.61. The van der Waals surface area contributed by atoms with Gasteiger partial charge >= 0.3 is 5.97 Å². The van der Waals surface area contributed by atoms with E-state index in [4.69, 9.17) is 4.74 Å². The number of nitrogens with zero attached hydrogens (tertiary/aromatic N) is 1. The van der Waals surface area contributed by atoms with Crippen molar-refractivity contribution in [2.75, 3.05) is 0 Å². The van der Waals surface area contributed by atoms with Crippen molar-refractivity contribution in [3.8, 4) is 6.07 Å². The van der Waals surface area contributed by atoms with Crippen LogP contribution in [0.3, 0.4) is 0 Å². The van der Waals surface area contributed by atoms with Crippen molar-refractivity contribution in [3.63, 3.8) is 0 Å². The van der Waals surface area contributed by atoms with Gasteiger partial charge in [-0.05, 0) is 68.6 Å². The monoisotopic (exact) mass is 359 g/mol. The van der Waals surface area contributed by atoms with Crippen LogP contribution < -0.4 is 0 Å². The van der Waals surface area contributed by atoms with Gasteiger partial charge in [-0.1, -0.05) is 34.6 Å². The summed E-state index contributed by atoms with van der Waals surface area (Å²) in [6, 6.07) is 2.40. The van der Waals surface area contributed by atoms with Crippen LogP contribution in [-0.4, -0.2) is 11.6 Å². The molecule has 0 spiro atoms. The molecule has 1 atom stereocenters. The molecule has 0 heterocycles. The Morgan fingerprint density at radius 1 is 1.08 bits per heavy atom. The van der Waals surface area contributed by atoms with E-state index in [0.717, 1.165) is 43.9 Å². The Morgan fingerprint density at radius 3 is 1.96 bits per heavy atom. The Labute approximate surface area is 159 Å². The maximum Gasteiger partial charge on any atom is 0.312 e. The lowest BCUT2D eigenvalue weighted by Gasteiger charge is -2.60. The summed E-state index contributed by atoms with van der Waals surface area (Å²) in [5.41, 5.74) is -1.23. The van der Waals surface area contributed by atoms with Crippen LogP contribution in [0.2, 0.25) is 0 Å². The standard InChI is InChI=1S/C23H37NO2/c1-15(2)14-22(6,21(3,4)5)20(25)26-23(7-8-24)18-10-16-9-17(12-18)13-19(23)11-16/h15-19H,7,9-14H2,1-6H3. The molecule has 146 valence electrons. The van der Waals surface area contributed by atoms with E-state index in [-0.39, 0.29) is 11.4 Å². The SMILES string of the molecule is CC(C)CC(C)(C(=O)OC1(CC#N)C2CC3CC(C2)CC1C3)C(C)(C)C. The van der Waals surface area contributed by atoms with Crippen molar-refractivity contribution in [2.45, 2.75) is 92.1 Å². The van der Waals surface area contributed by atoms with E-state index in [0.29, 0.717) is 24.2 Å². The number of hydrogen-bond acceptors (Lipinski definition) is 3. The summed E-state index contributed by atoms with van der Waals surface area (Å²) in [4.78, 5) is 13.6. The summed E-state index contributed by atoms with van der Waals surface area (Å²) < 4.78 is 6.49. The summed E-state index contributed by atoms with van der Waals surface area (Å²) in [6.45, 7) is 12.8. The maximum atomic E-state index is 13.6. The molecule has 0 aliphatic heterocycles. The molecule has 4 aliphatic rings. The van der Waals surface area contributed by atoms with Gasteiger partial charge in [0, 0.05) is 11.8 Å². The molecular weight excluding hydrogens is 322 g/mol. The third kappa shape index (κ3) is 3.08. The molecular formula is C23H37NO2. The van der Waals surface area contributed by atoms with Crippen molar-refractivity contribution in [3.05, 3.63) is 0 Å².